The lowest BCUT2D eigenvalue weighted by molar-refractivity contribution is 0.355. The molecule has 0 saturated heterocycles. The Morgan fingerprint density at radius 3 is 2.46 bits per heavy atom. The summed E-state index contributed by atoms with van der Waals surface area (Å²) in [6.07, 6.45) is 3.66. The quantitative estimate of drug-likeness (QED) is 0.703. The van der Waals surface area contributed by atoms with Crippen LogP contribution in [0.3, 0.4) is 0 Å². The highest BCUT2D eigenvalue weighted by Gasteiger charge is 2.09. The van der Waals surface area contributed by atoms with Gasteiger partial charge in [-0.05, 0) is 42.3 Å². The monoisotopic (exact) mass is 322 g/mol. The number of hydrogen-bond acceptors (Lipinski definition) is 5. The fourth-order valence-corrected chi connectivity index (χ4v) is 2.35. The molecule has 0 bridgehead atoms. The molecule has 0 aliphatic carbocycles. The van der Waals surface area contributed by atoms with E-state index in [0.29, 0.717) is 23.3 Å². The molecular weight excluding hydrogens is 304 g/mol. The molecule has 3 aromatic rings. The Bertz CT molecular complexity index is 869. The number of rotatable bonds is 5. The van der Waals surface area contributed by atoms with E-state index >= 15 is 0 Å². The molecule has 0 aliphatic heterocycles. The zero-order chi connectivity index (χ0) is 16.9. The summed E-state index contributed by atoms with van der Waals surface area (Å²) in [5.41, 5.74) is 2.98. The molecule has 0 spiro atoms. The van der Waals surface area contributed by atoms with Crippen LogP contribution in [-0.4, -0.2) is 24.4 Å². The lowest BCUT2D eigenvalue weighted by atomic mass is 10.1. The third kappa shape index (κ3) is 3.30. The predicted octanol–water partition coefficient (Wildman–Crippen LogP) is 4.23. The van der Waals surface area contributed by atoms with Gasteiger partial charge in [-0.1, -0.05) is 24.3 Å². The molecule has 1 heterocycles. The largest absolute Gasteiger partial charge is 0.493 e. The van der Waals surface area contributed by atoms with Crippen molar-refractivity contribution in [3.8, 4) is 23.0 Å². The van der Waals surface area contributed by atoms with Crippen molar-refractivity contribution in [3.05, 3.63) is 59.5 Å². The third-order valence-corrected chi connectivity index (χ3v) is 3.64. The van der Waals surface area contributed by atoms with Crippen molar-refractivity contribution in [2.45, 2.75) is 6.92 Å². The third-order valence-electron chi connectivity index (χ3n) is 3.64. The minimum atomic E-state index is 0.447. The van der Waals surface area contributed by atoms with Gasteiger partial charge >= 0.3 is 0 Å². The number of aryl methyl sites for hydroxylation is 1. The summed E-state index contributed by atoms with van der Waals surface area (Å²) in [4.78, 5) is 0. The summed E-state index contributed by atoms with van der Waals surface area (Å²) in [6, 6.07) is 13.6. The Hall–Kier alpha value is -3.08. The van der Waals surface area contributed by atoms with E-state index < -0.39 is 0 Å². The zero-order valence-electron chi connectivity index (χ0n) is 13.8. The van der Waals surface area contributed by atoms with E-state index in [1.54, 1.807) is 20.3 Å². The van der Waals surface area contributed by atoms with E-state index in [0.717, 1.165) is 16.7 Å². The van der Waals surface area contributed by atoms with Crippen molar-refractivity contribution in [3.63, 3.8) is 0 Å². The fraction of sp³-hybridized carbons (Fsp3) is 0.158. The number of aromatic nitrogens is 2. The van der Waals surface area contributed by atoms with Crippen LogP contribution in [0, 0.1) is 6.92 Å². The Kier molecular flexibility index (Phi) is 4.61. The molecule has 3 rings (SSSR count). The number of ether oxygens (including phenoxy) is 2. The first-order chi connectivity index (χ1) is 11.7. The van der Waals surface area contributed by atoms with Crippen molar-refractivity contribution in [2.75, 3.05) is 14.2 Å². The van der Waals surface area contributed by atoms with Gasteiger partial charge < -0.3 is 13.9 Å². The second kappa shape index (κ2) is 7.00. The van der Waals surface area contributed by atoms with Gasteiger partial charge in [-0.3, -0.25) is 0 Å². The van der Waals surface area contributed by atoms with Gasteiger partial charge in [0.25, 0.3) is 0 Å². The number of nitrogens with zero attached hydrogens (tertiary/aromatic N) is 2. The summed E-state index contributed by atoms with van der Waals surface area (Å²) in [7, 11) is 3.22. The first-order valence-electron chi connectivity index (χ1n) is 7.51. The minimum Gasteiger partial charge on any atom is -0.493 e. The highest BCUT2D eigenvalue weighted by Crippen LogP contribution is 2.28. The molecule has 0 fully saturated rings. The topological polar surface area (TPSA) is 57.4 Å². The van der Waals surface area contributed by atoms with Crippen LogP contribution < -0.4 is 9.47 Å². The summed E-state index contributed by atoms with van der Waals surface area (Å²) in [5, 5.41) is 8.17. The SMILES string of the molecule is COc1ccc(/C=C/c2nnc(-c3ccccc3C)o2)cc1OC. The highest BCUT2D eigenvalue weighted by molar-refractivity contribution is 5.68. The molecule has 0 amide bonds. The maximum atomic E-state index is 5.71. The second-order valence-corrected chi connectivity index (χ2v) is 5.21. The number of methoxy groups -OCH3 is 2. The second-order valence-electron chi connectivity index (χ2n) is 5.21. The molecule has 0 unspecified atom stereocenters. The van der Waals surface area contributed by atoms with Crippen molar-refractivity contribution in [1.29, 1.82) is 0 Å². The number of benzene rings is 2. The van der Waals surface area contributed by atoms with Crippen molar-refractivity contribution in [2.24, 2.45) is 0 Å². The van der Waals surface area contributed by atoms with Gasteiger partial charge in [-0.25, -0.2) is 0 Å². The van der Waals surface area contributed by atoms with Crippen LogP contribution >= 0.6 is 0 Å². The van der Waals surface area contributed by atoms with Gasteiger partial charge in [0.2, 0.25) is 11.8 Å². The van der Waals surface area contributed by atoms with E-state index in [1.807, 2.05) is 55.5 Å². The first-order valence-corrected chi connectivity index (χ1v) is 7.51. The maximum Gasteiger partial charge on any atom is 0.248 e. The molecular formula is C19H18N2O3. The lowest BCUT2D eigenvalue weighted by Gasteiger charge is -2.07. The minimum absolute atomic E-state index is 0.447. The lowest BCUT2D eigenvalue weighted by Crippen LogP contribution is -1.90. The van der Waals surface area contributed by atoms with Crippen LogP contribution in [0.15, 0.2) is 46.9 Å². The van der Waals surface area contributed by atoms with Crippen LogP contribution in [0.5, 0.6) is 11.5 Å². The van der Waals surface area contributed by atoms with E-state index in [1.165, 1.54) is 0 Å². The fourth-order valence-electron chi connectivity index (χ4n) is 2.35. The predicted molar refractivity (Wildman–Crippen MR) is 92.9 cm³/mol. The first kappa shape index (κ1) is 15.8. The van der Waals surface area contributed by atoms with Gasteiger partial charge in [0.15, 0.2) is 11.5 Å². The molecule has 0 radical (unpaired) electrons. The van der Waals surface area contributed by atoms with Gasteiger partial charge in [0.05, 0.1) is 14.2 Å². The van der Waals surface area contributed by atoms with Crippen LogP contribution in [0.1, 0.15) is 17.0 Å². The van der Waals surface area contributed by atoms with E-state index in [-0.39, 0.29) is 0 Å². The van der Waals surface area contributed by atoms with Crippen molar-refractivity contribution in [1.82, 2.24) is 10.2 Å². The van der Waals surface area contributed by atoms with Gasteiger partial charge in [-0.2, -0.15) is 0 Å². The molecule has 0 atom stereocenters. The number of hydrogen-bond donors (Lipinski definition) is 0. The average Bonchev–Trinajstić information content (AvgIpc) is 3.08. The Balaban J connectivity index is 1.82. The zero-order valence-corrected chi connectivity index (χ0v) is 13.8. The summed E-state index contributed by atoms with van der Waals surface area (Å²) in [6.45, 7) is 2.01. The van der Waals surface area contributed by atoms with Gasteiger partial charge in [-0.15, -0.1) is 10.2 Å². The Morgan fingerprint density at radius 1 is 0.917 bits per heavy atom. The molecule has 2 aromatic carbocycles. The molecule has 1 aromatic heterocycles. The molecule has 24 heavy (non-hydrogen) atoms. The van der Waals surface area contributed by atoms with Crippen LogP contribution in [0.2, 0.25) is 0 Å². The molecule has 0 N–H and O–H groups in total. The summed E-state index contributed by atoms with van der Waals surface area (Å²) < 4.78 is 16.2. The standard InChI is InChI=1S/C19H18N2O3/c1-13-6-4-5-7-15(13)19-21-20-18(24-19)11-9-14-8-10-16(22-2)17(12-14)23-3/h4-12H,1-3H3/b11-9+. The summed E-state index contributed by atoms with van der Waals surface area (Å²) >= 11 is 0. The van der Waals surface area contributed by atoms with Gasteiger partial charge in [0.1, 0.15) is 0 Å². The van der Waals surface area contributed by atoms with Crippen LogP contribution in [-0.2, 0) is 0 Å². The van der Waals surface area contributed by atoms with Crippen molar-refractivity contribution >= 4 is 12.2 Å². The smallest absolute Gasteiger partial charge is 0.248 e. The maximum absolute atomic E-state index is 5.71. The molecule has 0 saturated carbocycles. The van der Waals surface area contributed by atoms with Crippen LogP contribution in [0.25, 0.3) is 23.6 Å². The van der Waals surface area contributed by atoms with Crippen LogP contribution in [0.4, 0.5) is 0 Å². The Morgan fingerprint density at radius 2 is 1.71 bits per heavy atom. The van der Waals surface area contributed by atoms with E-state index in [9.17, 15) is 0 Å². The molecule has 5 nitrogen and oxygen atoms in total. The molecule has 5 heteroatoms. The Labute approximate surface area is 140 Å². The van der Waals surface area contributed by atoms with E-state index in [4.69, 9.17) is 13.9 Å². The van der Waals surface area contributed by atoms with Gasteiger partial charge in [0, 0.05) is 11.6 Å². The highest BCUT2D eigenvalue weighted by atomic mass is 16.5. The normalized spacial score (nSPS) is 11.0. The molecule has 122 valence electrons. The molecule has 0 aliphatic rings. The summed E-state index contributed by atoms with van der Waals surface area (Å²) in [5.74, 6) is 2.32. The van der Waals surface area contributed by atoms with Crippen molar-refractivity contribution < 1.29 is 13.9 Å². The average molecular weight is 322 g/mol. The van der Waals surface area contributed by atoms with E-state index in [2.05, 4.69) is 10.2 Å².